The quantitative estimate of drug-likeness (QED) is 0.568. The first kappa shape index (κ1) is 22.6. The molecule has 9 heteroatoms. The summed E-state index contributed by atoms with van der Waals surface area (Å²) in [5, 5.41) is 9.77. The predicted molar refractivity (Wildman–Crippen MR) is 126 cm³/mol. The van der Waals surface area contributed by atoms with Gasteiger partial charge in [-0.15, -0.1) is 0 Å². The number of nitrogens with one attached hydrogen (secondary N) is 1. The average Bonchev–Trinajstić information content (AvgIpc) is 2.79. The fourth-order valence-electron chi connectivity index (χ4n) is 3.87. The van der Waals surface area contributed by atoms with E-state index in [1.54, 1.807) is 42.5 Å². The summed E-state index contributed by atoms with van der Waals surface area (Å²) in [6, 6.07) is 17.4. The fourth-order valence-corrected chi connectivity index (χ4v) is 4.92. The highest BCUT2D eigenvalue weighted by Crippen LogP contribution is 2.28. The maximum Gasteiger partial charge on any atom is 0.337 e. The molecule has 0 amide bonds. The number of carboxylic acid groups (broad SMARTS) is 1. The lowest BCUT2D eigenvalue weighted by Crippen LogP contribution is -2.47. The van der Waals surface area contributed by atoms with E-state index in [0.29, 0.717) is 37.6 Å². The SMILES string of the molecule is Cc1ccc(S(=O)(=O)Nc2ccc(N3CCN(c4ccccc4F)CC3)c(C(=O)O)c2)cc1. The lowest BCUT2D eigenvalue weighted by atomic mass is 10.1. The molecule has 1 heterocycles. The first-order valence-corrected chi connectivity index (χ1v) is 11.9. The van der Waals surface area contributed by atoms with Crippen LogP contribution in [0.1, 0.15) is 15.9 Å². The minimum absolute atomic E-state index is 0.00144. The van der Waals surface area contributed by atoms with E-state index in [0.717, 1.165) is 5.56 Å². The lowest BCUT2D eigenvalue weighted by Gasteiger charge is -2.38. The van der Waals surface area contributed by atoms with E-state index in [-0.39, 0.29) is 22.0 Å². The van der Waals surface area contributed by atoms with E-state index >= 15 is 0 Å². The van der Waals surface area contributed by atoms with Crippen LogP contribution < -0.4 is 14.5 Å². The zero-order valence-corrected chi connectivity index (χ0v) is 18.8. The van der Waals surface area contributed by atoms with Gasteiger partial charge in [-0.1, -0.05) is 29.8 Å². The molecule has 1 aliphatic heterocycles. The van der Waals surface area contributed by atoms with Gasteiger partial charge in [-0.05, 0) is 49.4 Å². The van der Waals surface area contributed by atoms with Gasteiger partial charge < -0.3 is 14.9 Å². The summed E-state index contributed by atoms with van der Waals surface area (Å²) in [5.74, 6) is -1.44. The molecule has 33 heavy (non-hydrogen) atoms. The normalized spacial score (nSPS) is 14.2. The van der Waals surface area contributed by atoms with Gasteiger partial charge in [0, 0.05) is 31.9 Å². The number of carboxylic acids is 1. The van der Waals surface area contributed by atoms with Crippen LogP contribution in [0.15, 0.2) is 71.6 Å². The Morgan fingerprint density at radius 2 is 1.52 bits per heavy atom. The minimum atomic E-state index is -3.85. The third kappa shape index (κ3) is 4.93. The van der Waals surface area contributed by atoms with Gasteiger partial charge in [0.25, 0.3) is 10.0 Å². The van der Waals surface area contributed by atoms with Crippen LogP contribution in [0, 0.1) is 12.7 Å². The van der Waals surface area contributed by atoms with Crippen LogP contribution in [0.3, 0.4) is 0 Å². The largest absolute Gasteiger partial charge is 0.478 e. The molecule has 3 aromatic rings. The highest BCUT2D eigenvalue weighted by molar-refractivity contribution is 7.92. The summed E-state index contributed by atoms with van der Waals surface area (Å²) in [7, 11) is -3.85. The third-order valence-corrected chi connectivity index (χ3v) is 7.02. The topological polar surface area (TPSA) is 90.0 Å². The summed E-state index contributed by atoms with van der Waals surface area (Å²) in [5.41, 5.74) is 2.12. The molecule has 0 spiro atoms. The maximum atomic E-state index is 14.1. The Bertz CT molecular complexity index is 1270. The molecule has 172 valence electrons. The van der Waals surface area contributed by atoms with Crippen molar-refractivity contribution in [3.05, 3.63) is 83.7 Å². The molecule has 4 rings (SSSR count). The molecule has 0 atom stereocenters. The summed E-state index contributed by atoms with van der Waals surface area (Å²) >= 11 is 0. The molecule has 1 aliphatic rings. The van der Waals surface area contributed by atoms with Crippen LogP contribution in [-0.2, 0) is 10.0 Å². The number of sulfonamides is 1. The summed E-state index contributed by atoms with van der Waals surface area (Å²) in [6.45, 7) is 3.92. The van der Waals surface area contributed by atoms with Crippen LogP contribution in [0.4, 0.5) is 21.5 Å². The van der Waals surface area contributed by atoms with Crippen molar-refractivity contribution in [3.8, 4) is 0 Å². The second kappa shape index (κ2) is 9.11. The average molecular weight is 470 g/mol. The van der Waals surface area contributed by atoms with Gasteiger partial charge in [-0.3, -0.25) is 4.72 Å². The van der Waals surface area contributed by atoms with Crippen molar-refractivity contribution in [1.29, 1.82) is 0 Å². The molecule has 7 nitrogen and oxygen atoms in total. The molecular weight excluding hydrogens is 445 g/mol. The van der Waals surface area contributed by atoms with Gasteiger partial charge >= 0.3 is 5.97 Å². The predicted octanol–water partition coefficient (Wildman–Crippen LogP) is 3.96. The van der Waals surface area contributed by atoms with Crippen molar-refractivity contribution in [3.63, 3.8) is 0 Å². The Labute approximate surface area is 192 Å². The van der Waals surface area contributed by atoms with Crippen molar-refractivity contribution in [2.45, 2.75) is 11.8 Å². The lowest BCUT2D eigenvalue weighted by molar-refractivity contribution is 0.0697. The number of piperazine rings is 1. The van der Waals surface area contributed by atoms with Crippen molar-refractivity contribution in [1.82, 2.24) is 0 Å². The molecular formula is C24H24FN3O4S. The number of carbonyl (C=O) groups is 1. The number of para-hydroxylation sites is 1. The number of hydrogen-bond acceptors (Lipinski definition) is 5. The van der Waals surface area contributed by atoms with E-state index in [2.05, 4.69) is 4.72 Å². The van der Waals surface area contributed by atoms with Gasteiger partial charge in [0.1, 0.15) is 5.82 Å². The van der Waals surface area contributed by atoms with Gasteiger partial charge in [-0.25, -0.2) is 17.6 Å². The van der Waals surface area contributed by atoms with E-state index in [1.165, 1.54) is 24.3 Å². The van der Waals surface area contributed by atoms with E-state index in [1.807, 2.05) is 16.7 Å². The first-order valence-electron chi connectivity index (χ1n) is 10.5. The maximum absolute atomic E-state index is 14.1. The van der Waals surface area contributed by atoms with Crippen molar-refractivity contribution in [2.24, 2.45) is 0 Å². The molecule has 1 fully saturated rings. The Morgan fingerprint density at radius 1 is 0.909 bits per heavy atom. The number of aryl methyl sites for hydroxylation is 1. The van der Waals surface area contributed by atoms with E-state index in [4.69, 9.17) is 0 Å². The number of nitrogens with zero attached hydrogens (tertiary/aromatic N) is 2. The summed E-state index contributed by atoms with van der Waals surface area (Å²) in [4.78, 5) is 15.9. The number of aromatic carboxylic acids is 1. The molecule has 0 radical (unpaired) electrons. The van der Waals surface area contributed by atoms with E-state index in [9.17, 15) is 22.7 Å². The first-order chi connectivity index (χ1) is 15.7. The number of rotatable bonds is 6. The third-order valence-electron chi connectivity index (χ3n) is 5.62. The van der Waals surface area contributed by atoms with Gasteiger partial charge in [0.05, 0.1) is 21.8 Å². The van der Waals surface area contributed by atoms with Crippen molar-refractivity contribution in [2.75, 3.05) is 40.7 Å². The molecule has 0 aliphatic carbocycles. The van der Waals surface area contributed by atoms with Gasteiger partial charge in [0.2, 0.25) is 0 Å². The highest BCUT2D eigenvalue weighted by Gasteiger charge is 2.24. The molecule has 1 saturated heterocycles. The Balaban J connectivity index is 1.53. The molecule has 0 aromatic heterocycles. The van der Waals surface area contributed by atoms with Crippen LogP contribution >= 0.6 is 0 Å². The van der Waals surface area contributed by atoms with Crippen LogP contribution in [0.2, 0.25) is 0 Å². The fraction of sp³-hybridized carbons (Fsp3) is 0.208. The van der Waals surface area contributed by atoms with Crippen molar-refractivity contribution >= 4 is 33.1 Å². The minimum Gasteiger partial charge on any atom is -0.478 e. The number of halogens is 1. The number of hydrogen-bond donors (Lipinski definition) is 2. The highest BCUT2D eigenvalue weighted by atomic mass is 32.2. The van der Waals surface area contributed by atoms with Gasteiger partial charge in [0.15, 0.2) is 0 Å². The molecule has 0 bridgehead atoms. The van der Waals surface area contributed by atoms with Crippen LogP contribution in [0.25, 0.3) is 0 Å². The molecule has 0 saturated carbocycles. The summed E-state index contributed by atoms with van der Waals surface area (Å²) in [6.07, 6.45) is 0. The Hall–Kier alpha value is -3.59. The molecule has 3 aromatic carbocycles. The van der Waals surface area contributed by atoms with Gasteiger partial charge in [-0.2, -0.15) is 0 Å². The zero-order valence-electron chi connectivity index (χ0n) is 18.0. The Kier molecular flexibility index (Phi) is 6.24. The standard InChI is InChI=1S/C24H24FN3O4S/c1-17-6-9-19(10-7-17)33(31,32)26-18-8-11-22(20(16-18)24(29)30)27-12-14-28(15-13-27)23-5-3-2-4-21(23)25/h2-11,16,26H,12-15H2,1H3,(H,29,30). The van der Waals surface area contributed by atoms with E-state index < -0.39 is 16.0 Å². The molecule has 2 N–H and O–H groups in total. The second-order valence-electron chi connectivity index (χ2n) is 7.88. The monoisotopic (exact) mass is 469 g/mol. The zero-order chi connectivity index (χ0) is 23.6. The number of benzene rings is 3. The molecule has 0 unspecified atom stereocenters. The Morgan fingerprint density at radius 3 is 2.12 bits per heavy atom. The summed E-state index contributed by atoms with van der Waals surface area (Å²) < 4.78 is 41.9. The van der Waals surface area contributed by atoms with Crippen LogP contribution in [-0.4, -0.2) is 45.7 Å². The second-order valence-corrected chi connectivity index (χ2v) is 9.56. The van der Waals surface area contributed by atoms with Crippen molar-refractivity contribution < 1.29 is 22.7 Å². The van der Waals surface area contributed by atoms with Crippen LogP contribution in [0.5, 0.6) is 0 Å². The smallest absolute Gasteiger partial charge is 0.337 e. The number of anilines is 3.